The molecule has 0 radical (unpaired) electrons. The summed E-state index contributed by atoms with van der Waals surface area (Å²) in [6.07, 6.45) is 2.77. The summed E-state index contributed by atoms with van der Waals surface area (Å²) in [5.41, 5.74) is -4.05. The van der Waals surface area contributed by atoms with Gasteiger partial charge in [0.15, 0.2) is 0 Å². The highest BCUT2D eigenvalue weighted by Gasteiger charge is 2.57. The Morgan fingerprint density at radius 3 is 2.64 bits per heavy atom. The lowest BCUT2D eigenvalue weighted by Gasteiger charge is -2.23. The average molecular weight is 330 g/mol. The number of piperidine rings is 1. The Bertz CT molecular complexity index is 570. The second-order valence-corrected chi connectivity index (χ2v) is 7.01. The van der Waals surface area contributed by atoms with Crippen molar-refractivity contribution >= 4 is 23.4 Å². The number of nitrogens with one attached hydrogen (secondary N) is 2. The number of carbonyl (C=O) groups is 1. The molecule has 1 atom stereocenters. The molecule has 1 spiro atoms. The monoisotopic (exact) mass is 330 g/mol. The molecule has 1 unspecified atom stereocenters. The van der Waals surface area contributed by atoms with E-state index in [0.717, 1.165) is 32.4 Å². The molecule has 0 bridgehead atoms. The van der Waals surface area contributed by atoms with Crippen LogP contribution in [0.1, 0.15) is 19.3 Å². The first-order chi connectivity index (χ1) is 10.4. The van der Waals surface area contributed by atoms with Gasteiger partial charge in [-0.2, -0.15) is 13.2 Å². The number of thioether (sulfide) groups is 1. The topological polar surface area (TPSA) is 41.1 Å². The molecule has 120 valence electrons. The maximum atomic E-state index is 12.6. The van der Waals surface area contributed by atoms with E-state index in [-0.39, 0.29) is 39.6 Å². The number of anilines is 1. The molecule has 1 aromatic rings. The first-order valence-corrected chi connectivity index (χ1v) is 8.08. The predicted octanol–water partition coefficient (Wildman–Crippen LogP) is 3.63. The molecule has 1 aromatic carbocycles. The maximum Gasteiger partial charge on any atom is 0.446 e. The van der Waals surface area contributed by atoms with Crippen molar-refractivity contribution in [2.24, 2.45) is 11.3 Å². The fraction of sp³-hybridized carbons (Fsp3) is 0.533. The summed E-state index contributed by atoms with van der Waals surface area (Å²) in [4.78, 5) is 12.4. The number of alkyl halides is 3. The Morgan fingerprint density at radius 1 is 1.27 bits per heavy atom. The van der Waals surface area contributed by atoms with Crippen LogP contribution in [0.15, 0.2) is 29.2 Å². The minimum absolute atomic E-state index is 0.0309. The molecule has 1 heterocycles. The standard InChI is InChI=1S/C15H17F3N2OS/c16-15(17,18)22-12-4-2-1-3-11(12)20-13(21)10-9-14(10)5-7-19-8-6-14/h1-4,10,19H,5-9H2,(H,20,21). The number of carbonyl (C=O) groups excluding carboxylic acids is 1. The maximum absolute atomic E-state index is 12.6. The zero-order valence-corrected chi connectivity index (χ0v) is 12.7. The molecular weight excluding hydrogens is 313 g/mol. The smallest absolute Gasteiger partial charge is 0.325 e. The molecular formula is C15H17F3N2OS. The van der Waals surface area contributed by atoms with Crippen molar-refractivity contribution in [1.29, 1.82) is 0 Å². The van der Waals surface area contributed by atoms with Crippen molar-refractivity contribution in [1.82, 2.24) is 5.32 Å². The van der Waals surface area contributed by atoms with Gasteiger partial charge in [-0.25, -0.2) is 0 Å². The van der Waals surface area contributed by atoms with E-state index in [1.807, 2.05) is 0 Å². The summed E-state index contributed by atoms with van der Waals surface area (Å²) in [6.45, 7) is 1.81. The van der Waals surface area contributed by atoms with E-state index in [4.69, 9.17) is 0 Å². The lowest BCUT2D eigenvalue weighted by atomic mass is 9.92. The fourth-order valence-electron chi connectivity index (χ4n) is 3.20. The SMILES string of the molecule is O=C(Nc1ccccc1SC(F)(F)F)C1CC12CCNCC2. The summed E-state index contributed by atoms with van der Waals surface area (Å²) in [5.74, 6) is -0.226. The molecule has 7 heteroatoms. The summed E-state index contributed by atoms with van der Waals surface area (Å²) >= 11 is -0.196. The van der Waals surface area contributed by atoms with Crippen LogP contribution in [0.3, 0.4) is 0 Å². The van der Waals surface area contributed by atoms with Gasteiger partial charge in [-0.05, 0) is 61.7 Å². The van der Waals surface area contributed by atoms with Crippen molar-refractivity contribution in [3.8, 4) is 0 Å². The highest BCUT2D eigenvalue weighted by molar-refractivity contribution is 8.00. The van der Waals surface area contributed by atoms with Gasteiger partial charge < -0.3 is 10.6 Å². The number of para-hydroxylation sites is 1. The minimum atomic E-state index is -4.36. The van der Waals surface area contributed by atoms with Gasteiger partial charge in [-0.1, -0.05) is 12.1 Å². The molecule has 1 aliphatic carbocycles. The lowest BCUT2D eigenvalue weighted by Crippen LogP contribution is -2.31. The van der Waals surface area contributed by atoms with Crippen LogP contribution in [0.25, 0.3) is 0 Å². The molecule has 0 aromatic heterocycles. The van der Waals surface area contributed by atoms with E-state index < -0.39 is 5.51 Å². The van der Waals surface area contributed by atoms with Crippen LogP contribution in [0, 0.1) is 11.3 Å². The third-order valence-electron chi connectivity index (χ3n) is 4.48. The van der Waals surface area contributed by atoms with Gasteiger partial charge in [0.25, 0.3) is 0 Å². The largest absolute Gasteiger partial charge is 0.446 e. The second-order valence-electron chi connectivity index (χ2n) is 5.90. The van der Waals surface area contributed by atoms with E-state index >= 15 is 0 Å². The Morgan fingerprint density at radius 2 is 1.95 bits per heavy atom. The first-order valence-electron chi connectivity index (χ1n) is 7.26. The van der Waals surface area contributed by atoms with Crippen molar-refractivity contribution in [3.63, 3.8) is 0 Å². The lowest BCUT2D eigenvalue weighted by molar-refractivity contribution is -0.118. The number of halogens is 3. The molecule has 22 heavy (non-hydrogen) atoms. The van der Waals surface area contributed by atoms with E-state index in [1.165, 1.54) is 18.2 Å². The normalized spacial score (nSPS) is 23.3. The Kier molecular flexibility index (Phi) is 4.11. The number of rotatable bonds is 3. The highest BCUT2D eigenvalue weighted by atomic mass is 32.2. The molecule has 2 aliphatic rings. The van der Waals surface area contributed by atoms with Crippen LogP contribution < -0.4 is 10.6 Å². The Hall–Kier alpha value is -1.21. The molecule has 3 rings (SSSR count). The zero-order chi connectivity index (χ0) is 15.8. The van der Waals surface area contributed by atoms with Crippen LogP contribution in [0.5, 0.6) is 0 Å². The van der Waals surface area contributed by atoms with E-state index in [2.05, 4.69) is 10.6 Å². The second kappa shape index (κ2) is 5.77. The number of hydrogen-bond acceptors (Lipinski definition) is 3. The van der Waals surface area contributed by atoms with Gasteiger partial charge in [-0.3, -0.25) is 4.79 Å². The van der Waals surface area contributed by atoms with Crippen molar-refractivity contribution in [2.45, 2.75) is 29.7 Å². The van der Waals surface area contributed by atoms with Crippen LogP contribution in [0.4, 0.5) is 18.9 Å². The van der Waals surface area contributed by atoms with Crippen LogP contribution in [0.2, 0.25) is 0 Å². The minimum Gasteiger partial charge on any atom is -0.325 e. The Labute approximate surface area is 131 Å². The van der Waals surface area contributed by atoms with Crippen LogP contribution >= 0.6 is 11.8 Å². The van der Waals surface area contributed by atoms with Crippen LogP contribution in [-0.2, 0) is 4.79 Å². The molecule has 1 amide bonds. The summed E-state index contributed by atoms with van der Waals surface area (Å²) < 4.78 is 37.7. The fourth-order valence-corrected chi connectivity index (χ4v) is 3.82. The third-order valence-corrected chi connectivity index (χ3v) is 5.28. The van der Waals surface area contributed by atoms with Gasteiger partial charge in [0.2, 0.25) is 5.91 Å². The molecule has 2 N–H and O–H groups in total. The summed E-state index contributed by atoms with van der Waals surface area (Å²) in [6, 6.07) is 6.06. The van der Waals surface area contributed by atoms with E-state index in [9.17, 15) is 18.0 Å². The van der Waals surface area contributed by atoms with E-state index in [1.54, 1.807) is 6.07 Å². The molecule has 1 saturated carbocycles. The van der Waals surface area contributed by atoms with Crippen molar-refractivity contribution in [2.75, 3.05) is 18.4 Å². The van der Waals surface area contributed by atoms with Gasteiger partial charge >= 0.3 is 5.51 Å². The zero-order valence-electron chi connectivity index (χ0n) is 11.9. The van der Waals surface area contributed by atoms with Gasteiger partial charge in [0.05, 0.1) is 5.69 Å². The molecule has 1 aliphatic heterocycles. The first kappa shape index (κ1) is 15.7. The number of amides is 1. The van der Waals surface area contributed by atoms with Gasteiger partial charge in [-0.15, -0.1) is 0 Å². The van der Waals surface area contributed by atoms with Gasteiger partial charge in [0.1, 0.15) is 0 Å². The Balaban J connectivity index is 1.67. The van der Waals surface area contributed by atoms with E-state index in [0.29, 0.717) is 0 Å². The number of benzene rings is 1. The molecule has 2 fully saturated rings. The molecule has 1 saturated heterocycles. The number of hydrogen-bond donors (Lipinski definition) is 2. The predicted molar refractivity (Wildman–Crippen MR) is 79.6 cm³/mol. The third kappa shape index (κ3) is 3.41. The summed E-state index contributed by atoms with van der Waals surface area (Å²) in [7, 11) is 0. The average Bonchev–Trinajstić information content (AvgIpc) is 3.14. The van der Waals surface area contributed by atoms with Crippen LogP contribution in [-0.4, -0.2) is 24.5 Å². The quantitative estimate of drug-likeness (QED) is 0.832. The van der Waals surface area contributed by atoms with Crippen molar-refractivity contribution < 1.29 is 18.0 Å². The van der Waals surface area contributed by atoms with Crippen molar-refractivity contribution in [3.05, 3.63) is 24.3 Å². The highest BCUT2D eigenvalue weighted by Crippen LogP contribution is 2.59. The summed E-state index contributed by atoms with van der Waals surface area (Å²) in [5, 5.41) is 5.95. The van der Waals surface area contributed by atoms with Gasteiger partial charge in [0, 0.05) is 10.8 Å². The molecule has 3 nitrogen and oxygen atoms in total.